The number of rotatable bonds is 4. The Balaban J connectivity index is 0. The molecule has 0 bridgehead atoms. The van der Waals surface area contributed by atoms with E-state index < -0.39 is 0 Å². The van der Waals surface area contributed by atoms with Crippen molar-refractivity contribution >= 4 is 10.9 Å². The molecule has 0 saturated carbocycles. The number of aromatic amines is 1. The molecule has 1 heterocycles. The van der Waals surface area contributed by atoms with Gasteiger partial charge in [-0.1, -0.05) is 59.6 Å². The number of aryl methyl sites for hydroxylation is 3. The minimum Gasteiger partial charge on any atom is -0.397 e. The van der Waals surface area contributed by atoms with Crippen molar-refractivity contribution in [3.05, 3.63) is 35.0 Å². The van der Waals surface area contributed by atoms with Gasteiger partial charge in [0.1, 0.15) is 0 Å². The summed E-state index contributed by atoms with van der Waals surface area (Å²) in [4.78, 5) is 3.59. The molecule has 2 rings (SSSR count). The smallest absolute Gasteiger partial charge is 0.0491 e. The van der Waals surface area contributed by atoms with Gasteiger partial charge in [0.05, 0.1) is 0 Å². The Hall–Kier alpha value is -1.28. The number of fused-ring (bicyclic) bond motifs is 1. The summed E-state index contributed by atoms with van der Waals surface area (Å²) in [5.41, 5.74) is 5.73. The molecule has 0 unspecified atom stereocenters. The lowest BCUT2D eigenvalue weighted by Crippen LogP contribution is -1.92. The highest BCUT2D eigenvalue weighted by molar-refractivity contribution is 5.84. The summed E-state index contributed by atoms with van der Waals surface area (Å²) < 4.78 is 0. The van der Waals surface area contributed by atoms with Crippen molar-refractivity contribution in [2.24, 2.45) is 0 Å². The minimum atomic E-state index is 0. The van der Waals surface area contributed by atoms with Crippen molar-refractivity contribution in [3.8, 4) is 0 Å². The third-order valence-electron chi connectivity index (χ3n) is 3.31. The maximum atomic E-state index is 7.57. The Kier molecular flexibility index (Phi) is 11.6. The largest absolute Gasteiger partial charge is 0.397 e. The number of aromatic nitrogens is 1. The van der Waals surface area contributed by atoms with Crippen LogP contribution in [0, 0.1) is 0 Å². The van der Waals surface area contributed by atoms with Gasteiger partial charge in [-0.2, -0.15) is 0 Å². The summed E-state index contributed by atoms with van der Waals surface area (Å²) in [6.07, 6.45) is 5.85. The number of hydrogen-bond donors (Lipinski definition) is 2. The zero-order valence-corrected chi connectivity index (χ0v) is 15.4. The third-order valence-corrected chi connectivity index (χ3v) is 3.31. The standard InChI is InChI=1S/C15H21N.C3H8.C2H6O.H2/c1-4-7-13-10-12-9-8-11(5-2)14(6-3)15(12)16-13;1-3-2;1-2-3;/h8-10,16H,4-7H2,1-3H3;3H2,1-2H3;3H,2H2,1H3;1H. The van der Waals surface area contributed by atoms with E-state index in [1.165, 1.54) is 40.6 Å². The molecule has 0 aliphatic heterocycles. The third kappa shape index (κ3) is 6.23. The van der Waals surface area contributed by atoms with Crippen LogP contribution >= 0.6 is 0 Å². The molecule has 0 atom stereocenters. The SMILES string of the molecule is CCC.CCCc1cc2ccc(CC)c(CC)c2[nH]1.CCO.[HH]. The fourth-order valence-electron chi connectivity index (χ4n) is 2.50. The van der Waals surface area contributed by atoms with E-state index >= 15 is 0 Å². The Bertz CT molecular complexity index is 518. The molecule has 2 nitrogen and oxygen atoms in total. The summed E-state index contributed by atoms with van der Waals surface area (Å²) in [7, 11) is 0. The van der Waals surface area contributed by atoms with Crippen LogP contribution in [0.3, 0.4) is 0 Å². The van der Waals surface area contributed by atoms with E-state index in [1.807, 2.05) is 0 Å². The van der Waals surface area contributed by atoms with Gasteiger partial charge in [0.25, 0.3) is 0 Å². The van der Waals surface area contributed by atoms with Crippen LogP contribution in [0.15, 0.2) is 18.2 Å². The van der Waals surface area contributed by atoms with Gasteiger partial charge >= 0.3 is 0 Å². The molecule has 0 amide bonds. The first-order valence-corrected chi connectivity index (χ1v) is 8.86. The Labute approximate surface area is 138 Å². The van der Waals surface area contributed by atoms with E-state index in [0.717, 1.165) is 19.3 Å². The quantitative estimate of drug-likeness (QED) is 0.724. The molecule has 2 N–H and O–H groups in total. The minimum absolute atomic E-state index is 0. The number of hydrogen-bond acceptors (Lipinski definition) is 1. The Morgan fingerprint density at radius 2 is 1.59 bits per heavy atom. The molecular weight excluding hydrogens is 270 g/mol. The van der Waals surface area contributed by atoms with Crippen LogP contribution < -0.4 is 0 Å². The first kappa shape index (κ1) is 20.7. The van der Waals surface area contributed by atoms with Crippen molar-refractivity contribution in [2.45, 2.75) is 73.6 Å². The van der Waals surface area contributed by atoms with Crippen molar-refractivity contribution < 1.29 is 6.53 Å². The molecule has 1 aromatic heterocycles. The molecule has 0 saturated heterocycles. The zero-order chi connectivity index (χ0) is 17.0. The Morgan fingerprint density at radius 1 is 1.00 bits per heavy atom. The highest BCUT2D eigenvalue weighted by atomic mass is 16.2. The van der Waals surface area contributed by atoms with Crippen LogP contribution in [0.4, 0.5) is 0 Å². The number of nitrogens with one attached hydrogen (secondary N) is 1. The summed E-state index contributed by atoms with van der Waals surface area (Å²) in [5, 5.41) is 8.94. The predicted octanol–water partition coefficient (Wildman–Crippen LogP) is 5.91. The van der Waals surface area contributed by atoms with Crippen molar-refractivity contribution in [3.63, 3.8) is 0 Å². The Morgan fingerprint density at radius 3 is 2.05 bits per heavy atom. The number of H-pyrrole nitrogens is 1. The predicted molar refractivity (Wildman–Crippen MR) is 102 cm³/mol. The van der Waals surface area contributed by atoms with Crippen LogP contribution in [0.1, 0.15) is 72.6 Å². The first-order valence-electron chi connectivity index (χ1n) is 8.86. The van der Waals surface area contributed by atoms with Crippen molar-refractivity contribution in [1.29, 1.82) is 0 Å². The average molecular weight is 308 g/mol. The van der Waals surface area contributed by atoms with E-state index in [-0.39, 0.29) is 8.03 Å². The molecule has 0 aliphatic carbocycles. The van der Waals surface area contributed by atoms with Gasteiger partial charge in [-0.3, -0.25) is 0 Å². The van der Waals surface area contributed by atoms with E-state index in [4.69, 9.17) is 5.11 Å². The van der Waals surface area contributed by atoms with Crippen LogP contribution in [-0.4, -0.2) is 16.7 Å². The first-order chi connectivity index (χ1) is 10.6. The number of aliphatic hydroxyl groups is 1. The molecule has 0 aliphatic rings. The van der Waals surface area contributed by atoms with Gasteiger partial charge in [0, 0.05) is 19.2 Å². The van der Waals surface area contributed by atoms with Crippen LogP contribution in [-0.2, 0) is 19.3 Å². The second-order valence-corrected chi connectivity index (χ2v) is 5.44. The second-order valence-electron chi connectivity index (χ2n) is 5.44. The number of aliphatic hydroxyl groups excluding tert-OH is 1. The molecule has 0 radical (unpaired) electrons. The van der Waals surface area contributed by atoms with Gasteiger partial charge in [-0.05, 0) is 48.8 Å². The van der Waals surface area contributed by atoms with Crippen molar-refractivity contribution in [1.82, 2.24) is 4.98 Å². The van der Waals surface area contributed by atoms with Gasteiger partial charge in [0.2, 0.25) is 0 Å². The summed E-state index contributed by atoms with van der Waals surface area (Å²) >= 11 is 0. The molecule has 128 valence electrons. The van der Waals surface area contributed by atoms with Crippen LogP contribution in [0.25, 0.3) is 10.9 Å². The molecule has 1 aromatic carbocycles. The normalized spacial score (nSPS) is 9.77. The highest BCUT2D eigenvalue weighted by Crippen LogP contribution is 2.24. The van der Waals surface area contributed by atoms with E-state index in [9.17, 15) is 0 Å². The molecule has 2 aromatic rings. The molecule has 22 heavy (non-hydrogen) atoms. The van der Waals surface area contributed by atoms with E-state index in [2.05, 4.69) is 57.8 Å². The number of benzene rings is 1. The van der Waals surface area contributed by atoms with E-state index in [1.54, 1.807) is 6.92 Å². The lowest BCUT2D eigenvalue weighted by molar-refractivity contribution is 0.318. The maximum Gasteiger partial charge on any atom is 0.0491 e. The van der Waals surface area contributed by atoms with Gasteiger partial charge in [0.15, 0.2) is 0 Å². The zero-order valence-electron chi connectivity index (χ0n) is 15.4. The molecule has 0 fully saturated rings. The topological polar surface area (TPSA) is 36.0 Å². The maximum absolute atomic E-state index is 7.57. The monoisotopic (exact) mass is 307 g/mol. The van der Waals surface area contributed by atoms with Gasteiger partial charge in [-0.15, -0.1) is 0 Å². The average Bonchev–Trinajstić information content (AvgIpc) is 2.90. The van der Waals surface area contributed by atoms with Gasteiger partial charge in [-0.25, -0.2) is 0 Å². The summed E-state index contributed by atoms with van der Waals surface area (Å²) in [5.74, 6) is 0. The fraction of sp³-hybridized carbons (Fsp3) is 0.600. The molecule has 2 heteroatoms. The van der Waals surface area contributed by atoms with Crippen LogP contribution in [0.2, 0.25) is 0 Å². The molecular formula is C20H37NO. The van der Waals surface area contributed by atoms with E-state index in [0.29, 0.717) is 0 Å². The van der Waals surface area contributed by atoms with Crippen LogP contribution in [0.5, 0.6) is 0 Å². The lowest BCUT2D eigenvalue weighted by Gasteiger charge is -2.06. The van der Waals surface area contributed by atoms with Crippen molar-refractivity contribution in [2.75, 3.05) is 6.61 Å². The highest BCUT2D eigenvalue weighted by Gasteiger charge is 2.07. The molecule has 0 spiro atoms. The second kappa shape index (κ2) is 12.3. The van der Waals surface area contributed by atoms with Gasteiger partial charge < -0.3 is 10.1 Å². The summed E-state index contributed by atoms with van der Waals surface area (Å²) in [6.45, 7) is 12.9. The fourth-order valence-corrected chi connectivity index (χ4v) is 2.50. The lowest BCUT2D eigenvalue weighted by atomic mass is 10.0. The summed E-state index contributed by atoms with van der Waals surface area (Å²) in [6, 6.07) is 6.84.